The van der Waals surface area contributed by atoms with Crippen LogP contribution in [0.3, 0.4) is 0 Å². The second kappa shape index (κ2) is 11.4. The third kappa shape index (κ3) is 6.97. The van der Waals surface area contributed by atoms with E-state index in [-0.39, 0.29) is 37.1 Å². The number of benzene rings is 2. The summed E-state index contributed by atoms with van der Waals surface area (Å²) >= 11 is 0. The highest BCUT2D eigenvalue weighted by molar-refractivity contribution is 7.92. The summed E-state index contributed by atoms with van der Waals surface area (Å²) in [5.41, 5.74) is 0.598. The fourth-order valence-electron chi connectivity index (χ4n) is 3.62. The van der Waals surface area contributed by atoms with Crippen molar-refractivity contribution in [1.29, 1.82) is 0 Å². The number of carbonyl (C=O) groups excluding carboxylic acids is 2. The molecule has 1 saturated heterocycles. The van der Waals surface area contributed by atoms with Crippen molar-refractivity contribution in [2.45, 2.75) is 31.8 Å². The first-order valence-corrected chi connectivity index (χ1v) is 12.7. The van der Waals surface area contributed by atoms with Gasteiger partial charge in [0.1, 0.15) is 0 Å². The lowest BCUT2D eigenvalue weighted by Crippen LogP contribution is -2.32. The van der Waals surface area contributed by atoms with Crippen LogP contribution in [0.1, 0.15) is 36.0 Å². The molecule has 2 aromatic rings. The van der Waals surface area contributed by atoms with Crippen LogP contribution in [0.15, 0.2) is 42.5 Å². The number of halogens is 2. The molecule has 0 spiro atoms. The molecule has 0 saturated carbocycles. The first-order chi connectivity index (χ1) is 16.1. The Morgan fingerprint density at radius 2 is 1.91 bits per heavy atom. The van der Waals surface area contributed by atoms with Crippen LogP contribution in [0.5, 0.6) is 0 Å². The maximum atomic E-state index is 13.6. The SMILES string of the molecule is CS(=O)(=O)N(CCCC(=O)Nc1ccccc1C(=O)NC[C@H]1CCCO1)c1ccc(F)c(F)c1. The molecule has 2 amide bonds. The lowest BCUT2D eigenvalue weighted by Gasteiger charge is -2.22. The Bertz CT molecular complexity index is 1140. The molecule has 3 rings (SSSR count). The van der Waals surface area contributed by atoms with Gasteiger partial charge in [-0.25, -0.2) is 17.2 Å². The van der Waals surface area contributed by atoms with Gasteiger partial charge in [0.05, 0.1) is 29.3 Å². The number of para-hydroxylation sites is 1. The van der Waals surface area contributed by atoms with Gasteiger partial charge >= 0.3 is 0 Å². The number of amides is 2. The first-order valence-electron chi connectivity index (χ1n) is 10.9. The maximum Gasteiger partial charge on any atom is 0.253 e. The van der Waals surface area contributed by atoms with Crippen molar-refractivity contribution in [1.82, 2.24) is 5.32 Å². The second-order valence-electron chi connectivity index (χ2n) is 7.98. The fraction of sp³-hybridized carbons (Fsp3) is 0.391. The summed E-state index contributed by atoms with van der Waals surface area (Å²) in [5.74, 6) is -3.01. The van der Waals surface area contributed by atoms with Crippen molar-refractivity contribution < 1.29 is 31.5 Å². The quantitative estimate of drug-likeness (QED) is 0.527. The van der Waals surface area contributed by atoms with Crippen molar-refractivity contribution in [2.24, 2.45) is 0 Å². The van der Waals surface area contributed by atoms with E-state index < -0.39 is 27.6 Å². The Morgan fingerprint density at radius 3 is 2.59 bits per heavy atom. The van der Waals surface area contributed by atoms with E-state index >= 15 is 0 Å². The van der Waals surface area contributed by atoms with Gasteiger partial charge in [-0.2, -0.15) is 0 Å². The molecule has 1 atom stereocenters. The van der Waals surface area contributed by atoms with Crippen LogP contribution >= 0.6 is 0 Å². The lowest BCUT2D eigenvalue weighted by atomic mass is 10.1. The average Bonchev–Trinajstić information content (AvgIpc) is 3.30. The van der Waals surface area contributed by atoms with Crippen LogP contribution in [-0.4, -0.2) is 52.3 Å². The molecule has 1 heterocycles. The topological polar surface area (TPSA) is 105 Å². The molecular weight excluding hydrogens is 468 g/mol. The van der Waals surface area contributed by atoms with E-state index in [0.29, 0.717) is 24.4 Å². The molecule has 0 radical (unpaired) electrons. The summed E-state index contributed by atoms with van der Waals surface area (Å²) in [6.45, 7) is 0.952. The largest absolute Gasteiger partial charge is 0.376 e. The first kappa shape index (κ1) is 25.6. The van der Waals surface area contributed by atoms with Crippen LogP contribution < -0.4 is 14.9 Å². The minimum atomic E-state index is -3.79. The summed E-state index contributed by atoms with van der Waals surface area (Å²) in [6, 6.07) is 9.35. The van der Waals surface area contributed by atoms with Crippen molar-refractivity contribution in [3.63, 3.8) is 0 Å². The van der Waals surface area contributed by atoms with Gasteiger partial charge in [-0.3, -0.25) is 13.9 Å². The highest BCUT2D eigenvalue weighted by Gasteiger charge is 2.21. The van der Waals surface area contributed by atoms with E-state index in [1.54, 1.807) is 24.3 Å². The van der Waals surface area contributed by atoms with E-state index in [4.69, 9.17) is 4.74 Å². The number of rotatable bonds is 10. The minimum absolute atomic E-state index is 0.0157. The number of ether oxygens (including phenoxy) is 1. The van der Waals surface area contributed by atoms with Crippen LogP contribution in [0.25, 0.3) is 0 Å². The van der Waals surface area contributed by atoms with Gasteiger partial charge in [0, 0.05) is 32.2 Å². The lowest BCUT2D eigenvalue weighted by molar-refractivity contribution is -0.116. The molecule has 0 aliphatic carbocycles. The van der Waals surface area contributed by atoms with Gasteiger partial charge in [-0.15, -0.1) is 0 Å². The van der Waals surface area contributed by atoms with Crippen molar-refractivity contribution in [3.8, 4) is 0 Å². The minimum Gasteiger partial charge on any atom is -0.376 e. The molecule has 184 valence electrons. The summed E-state index contributed by atoms with van der Waals surface area (Å²) in [5, 5.41) is 5.49. The third-order valence-corrected chi connectivity index (χ3v) is 6.51. The molecule has 1 aliphatic heterocycles. The molecule has 8 nitrogen and oxygen atoms in total. The molecule has 0 aromatic heterocycles. The predicted octanol–water partition coefficient (Wildman–Crippen LogP) is 3.06. The number of nitrogens with zero attached hydrogens (tertiary/aromatic N) is 1. The molecule has 1 aliphatic rings. The number of hydrogen-bond acceptors (Lipinski definition) is 5. The third-order valence-electron chi connectivity index (χ3n) is 5.32. The molecule has 2 aromatic carbocycles. The van der Waals surface area contributed by atoms with E-state index in [1.165, 1.54) is 0 Å². The smallest absolute Gasteiger partial charge is 0.253 e. The monoisotopic (exact) mass is 495 g/mol. The zero-order chi connectivity index (χ0) is 24.7. The summed E-state index contributed by atoms with van der Waals surface area (Å²) in [7, 11) is -3.79. The van der Waals surface area contributed by atoms with E-state index in [0.717, 1.165) is 41.6 Å². The summed E-state index contributed by atoms with van der Waals surface area (Å²) in [4.78, 5) is 25.1. The van der Waals surface area contributed by atoms with Gasteiger partial charge in [-0.05, 0) is 43.5 Å². The molecule has 1 fully saturated rings. The Kier molecular flexibility index (Phi) is 8.56. The zero-order valence-electron chi connectivity index (χ0n) is 18.7. The Balaban J connectivity index is 1.58. The summed E-state index contributed by atoms with van der Waals surface area (Å²) < 4.78 is 57.4. The van der Waals surface area contributed by atoms with Crippen LogP contribution in [-0.2, 0) is 19.6 Å². The zero-order valence-corrected chi connectivity index (χ0v) is 19.5. The molecule has 2 N–H and O–H groups in total. The Labute approximate surface area is 197 Å². The van der Waals surface area contributed by atoms with Crippen molar-refractivity contribution in [2.75, 3.05) is 35.6 Å². The second-order valence-corrected chi connectivity index (χ2v) is 9.88. The van der Waals surface area contributed by atoms with E-state index in [1.807, 2.05) is 0 Å². The predicted molar refractivity (Wildman–Crippen MR) is 124 cm³/mol. The molecule has 0 bridgehead atoms. The van der Waals surface area contributed by atoms with E-state index in [2.05, 4.69) is 10.6 Å². The number of nitrogens with one attached hydrogen (secondary N) is 2. The Morgan fingerprint density at radius 1 is 1.15 bits per heavy atom. The molecule has 0 unspecified atom stereocenters. The fourth-order valence-corrected chi connectivity index (χ4v) is 4.58. The number of sulfonamides is 1. The number of anilines is 2. The standard InChI is InChI=1S/C23H27F2N3O5S/c1-34(31,32)28(16-10-11-19(24)20(25)14-16)12-4-9-22(29)27-21-8-3-2-7-18(21)23(30)26-15-17-6-5-13-33-17/h2-3,7-8,10-11,14,17H,4-6,9,12-13,15H2,1H3,(H,26,30)(H,27,29)/t17-/m1/s1. The highest BCUT2D eigenvalue weighted by Crippen LogP contribution is 2.22. The van der Waals surface area contributed by atoms with Gasteiger partial charge in [0.15, 0.2) is 11.6 Å². The van der Waals surface area contributed by atoms with Crippen molar-refractivity contribution in [3.05, 3.63) is 59.7 Å². The van der Waals surface area contributed by atoms with Crippen molar-refractivity contribution >= 4 is 33.2 Å². The number of hydrogen-bond donors (Lipinski definition) is 2. The van der Waals surface area contributed by atoms with Crippen LogP contribution in [0.4, 0.5) is 20.2 Å². The van der Waals surface area contributed by atoms with Gasteiger partial charge in [0.25, 0.3) is 5.91 Å². The normalized spacial score (nSPS) is 15.7. The molecule has 34 heavy (non-hydrogen) atoms. The van der Waals surface area contributed by atoms with Gasteiger partial charge < -0.3 is 15.4 Å². The summed E-state index contributed by atoms with van der Waals surface area (Å²) in [6.07, 6.45) is 2.83. The van der Waals surface area contributed by atoms with Gasteiger partial charge in [0.2, 0.25) is 15.9 Å². The highest BCUT2D eigenvalue weighted by atomic mass is 32.2. The van der Waals surface area contributed by atoms with Crippen LogP contribution in [0.2, 0.25) is 0 Å². The number of carbonyl (C=O) groups is 2. The molecular formula is C23H27F2N3O5S. The van der Waals surface area contributed by atoms with E-state index in [9.17, 15) is 26.8 Å². The Hall–Kier alpha value is -3.05. The van der Waals surface area contributed by atoms with Gasteiger partial charge in [-0.1, -0.05) is 12.1 Å². The van der Waals surface area contributed by atoms with Crippen LogP contribution in [0, 0.1) is 11.6 Å². The average molecular weight is 496 g/mol. The maximum absolute atomic E-state index is 13.6. The molecule has 11 heteroatoms.